The van der Waals surface area contributed by atoms with Gasteiger partial charge in [0.15, 0.2) is 0 Å². The fourth-order valence-electron chi connectivity index (χ4n) is 1.83. The van der Waals surface area contributed by atoms with Crippen molar-refractivity contribution < 1.29 is 19.1 Å². The maximum Gasteiger partial charge on any atom is 0.336 e. The number of amides is 1. The van der Waals surface area contributed by atoms with Gasteiger partial charge in [0.05, 0.1) is 11.5 Å². The number of rotatable bonds is 5. The van der Waals surface area contributed by atoms with E-state index in [0.29, 0.717) is 11.3 Å². The van der Waals surface area contributed by atoms with Gasteiger partial charge in [0, 0.05) is 23.2 Å². The molecule has 0 aliphatic rings. The predicted octanol–water partition coefficient (Wildman–Crippen LogP) is 1.86. The Kier molecular flexibility index (Phi) is 4.64. The van der Waals surface area contributed by atoms with E-state index in [1.165, 1.54) is 6.07 Å². The van der Waals surface area contributed by atoms with E-state index < -0.39 is 11.6 Å². The van der Waals surface area contributed by atoms with Crippen molar-refractivity contribution in [2.24, 2.45) is 0 Å². The van der Waals surface area contributed by atoms with Crippen molar-refractivity contribution in [1.82, 2.24) is 0 Å². The minimum Gasteiger partial charge on any atom is -0.481 e. The van der Waals surface area contributed by atoms with Gasteiger partial charge in [0.1, 0.15) is 5.58 Å². The molecule has 2 aromatic rings. The molecule has 2 rings (SSSR count). The molecule has 0 aliphatic heterocycles. The molecule has 1 heterocycles. The second kappa shape index (κ2) is 6.45. The molecule has 0 bridgehead atoms. The summed E-state index contributed by atoms with van der Waals surface area (Å²) in [5, 5.41) is 11.9. The zero-order valence-corrected chi connectivity index (χ0v) is 12.0. The Bertz CT molecular complexity index is 753. The van der Waals surface area contributed by atoms with Gasteiger partial charge in [0.2, 0.25) is 5.91 Å². The van der Waals surface area contributed by atoms with Crippen LogP contribution in [0, 0.1) is 6.92 Å². The molecule has 7 heteroatoms. The van der Waals surface area contributed by atoms with Crippen molar-refractivity contribution in [3.8, 4) is 0 Å². The summed E-state index contributed by atoms with van der Waals surface area (Å²) in [6.07, 6.45) is 0. The lowest BCUT2D eigenvalue weighted by Crippen LogP contribution is -2.15. The maximum absolute atomic E-state index is 11.6. The number of carbonyl (C=O) groups excluding carboxylic acids is 1. The van der Waals surface area contributed by atoms with E-state index in [1.807, 2.05) is 0 Å². The first kappa shape index (κ1) is 15.1. The van der Waals surface area contributed by atoms with Crippen LogP contribution in [0.3, 0.4) is 0 Å². The molecule has 0 fully saturated rings. The fourth-order valence-corrected chi connectivity index (χ4v) is 2.37. The molecule has 0 unspecified atom stereocenters. The number of hydrogen-bond donors (Lipinski definition) is 2. The summed E-state index contributed by atoms with van der Waals surface area (Å²) in [6.45, 7) is 1.81. The monoisotopic (exact) mass is 307 g/mol. The highest BCUT2D eigenvalue weighted by atomic mass is 32.2. The van der Waals surface area contributed by atoms with E-state index >= 15 is 0 Å². The summed E-state index contributed by atoms with van der Waals surface area (Å²) in [6, 6.07) is 6.44. The van der Waals surface area contributed by atoms with Gasteiger partial charge in [-0.3, -0.25) is 9.59 Å². The Hall–Kier alpha value is -2.28. The molecule has 1 amide bonds. The molecule has 0 atom stereocenters. The van der Waals surface area contributed by atoms with Crippen molar-refractivity contribution in [1.29, 1.82) is 0 Å². The summed E-state index contributed by atoms with van der Waals surface area (Å²) in [5.74, 6) is -1.35. The van der Waals surface area contributed by atoms with Crippen molar-refractivity contribution in [2.45, 2.75) is 6.92 Å². The van der Waals surface area contributed by atoms with Crippen LogP contribution in [0.1, 0.15) is 5.56 Å². The first-order valence-electron chi connectivity index (χ1n) is 6.09. The average Bonchev–Trinajstić information content (AvgIpc) is 2.37. The van der Waals surface area contributed by atoms with Crippen LogP contribution in [0.15, 0.2) is 33.5 Å². The molecule has 6 nitrogen and oxygen atoms in total. The van der Waals surface area contributed by atoms with E-state index in [2.05, 4.69) is 5.32 Å². The van der Waals surface area contributed by atoms with Crippen LogP contribution in [0.5, 0.6) is 0 Å². The molecule has 1 aromatic heterocycles. The lowest BCUT2D eigenvalue weighted by molar-refractivity contribution is -0.133. The molecule has 1 aromatic carbocycles. The zero-order chi connectivity index (χ0) is 15.4. The predicted molar refractivity (Wildman–Crippen MR) is 80.8 cm³/mol. The smallest absolute Gasteiger partial charge is 0.336 e. The summed E-state index contributed by atoms with van der Waals surface area (Å²) < 4.78 is 5.09. The van der Waals surface area contributed by atoms with Crippen LogP contribution in [-0.2, 0) is 9.59 Å². The fraction of sp³-hybridized carbons (Fsp3) is 0.214. The Morgan fingerprint density at radius 1 is 1.29 bits per heavy atom. The number of hydrogen-bond acceptors (Lipinski definition) is 5. The number of aryl methyl sites for hydroxylation is 1. The third-order valence-corrected chi connectivity index (χ3v) is 3.61. The summed E-state index contributed by atoms with van der Waals surface area (Å²) in [5.41, 5.74) is 1.25. The molecule has 0 saturated carbocycles. The Morgan fingerprint density at radius 3 is 2.76 bits per heavy atom. The quantitative estimate of drug-likeness (QED) is 0.818. The minimum atomic E-state index is -0.962. The number of benzene rings is 1. The van der Waals surface area contributed by atoms with Gasteiger partial charge < -0.3 is 14.8 Å². The lowest BCUT2D eigenvalue weighted by Gasteiger charge is -2.06. The zero-order valence-electron chi connectivity index (χ0n) is 11.2. The van der Waals surface area contributed by atoms with E-state index in [-0.39, 0.29) is 17.4 Å². The van der Waals surface area contributed by atoms with Crippen molar-refractivity contribution in [2.75, 3.05) is 16.8 Å². The molecule has 0 spiro atoms. The minimum absolute atomic E-state index is 0.0438. The molecule has 21 heavy (non-hydrogen) atoms. The van der Waals surface area contributed by atoms with Crippen LogP contribution in [0.25, 0.3) is 11.0 Å². The van der Waals surface area contributed by atoms with Gasteiger partial charge in [-0.2, -0.15) is 0 Å². The van der Waals surface area contributed by atoms with Crippen molar-refractivity contribution >= 4 is 40.3 Å². The Balaban J connectivity index is 2.11. The standard InChI is InChI=1S/C14H13NO5S/c1-8-4-14(19)20-11-5-9(2-3-10(8)11)15-12(16)6-21-7-13(17)18/h2-5H,6-7H2,1H3,(H,15,16)(H,17,18). The summed E-state index contributed by atoms with van der Waals surface area (Å²) in [4.78, 5) is 33.3. The highest BCUT2D eigenvalue weighted by Crippen LogP contribution is 2.20. The van der Waals surface area contributed by atoms with Crippen LogP contribution in [0.4, 0.5) is 5.69 Å². The van der Waals surface area contributed by atoms with Gasteiger partial charge in [-0.1, -0.05) is 0 Å². The second-order valence-electron chi connectivity index (χ2n) is 4.39. The van der Waals surface area contributed by atoms with E-state index in [0.717, 1.165) is 22.7 Å². The SMILES string of the molecule is Cc1cc(=O)oc2cc(NC(=O)CSCC(=O)O)ccc12. The number of anilines is 1. The maximum atomic E-state index is 11.6. The number of nitrogens with one attached hydrogen (secondary N) is 1. The molecule has 0 aliphatic carbocycles. The van der Waals surface area contributed by atoms with Gasteiger partial charge in [-0.25, -0.2) is 4.79 Å². The third kappa shape index (κ3) is 4.09. The highest BCUT2D eigenvalue weighted by Gasteiger charge is 2.07. The lowest BCUT2D eigenvalue weighted by atomic mass is 10.1. The van der Waals surface area contributed by atoms with Gasteiger partial charge >= 0.3 is 11.6 Å². The van der Waals surface area contributed by atoms with Gasteiger partial charge in [0.25, 0.3) is 0 Å². The van der Waals surface area contributed by atoms with E-state index in [1.54, 1.807) is 25.1 Å². The average molecular weight is 307 g/mol. The van der Waals surface area contributed by atoms with Crippen molar-refractivity contribution in [3.63, 3.8) is 0 Å². The molecule has 0 radical (unpaired) electrons. The number of carboxylic acids is 1. The molecule has 110 valence electrons. The van der Waals surface area contributed by atoms with Crippen LogP contribution in [-0.4, -0.2) is 28.5 Å². The highest BCUT2D eigenvalue weighted by molar-refractivity contribution is 8.00. The largest absolute Gasteiger partial charge is 0.481 e. The Labute approximate surface area is 124 Å². The molecular weight excluding hydrogens is 294 g/mol. The van der Waals surface area contributed by atoms with Crippen LogP contribution in [0.2, 0.25) is 0 Å². The third-order valence-electron chi connectivity index (χ3n) is 2.69. The van der Waals surface area contributed by atoms with Crippen LogP contribution >= 0.6 is 11.8 Å². The molecular formula is C14H13NO5S. The summed E-state index contributed by atoms with van der Waals surface area (Å²) in [7, 11) is 0. The van der Waals surface area contributed by atoms with E-state index in [4.69, 9.17) is 9.52 Å². The number of fused-ring (bicyclic) bond motifs is 1. The molecule has 0 saturated heterocycles. The molecule has 2 N–H and O–H groups in total. The number of thioether (sulfide) groups is 1. The van der Waals surface area contributed by atoms with Gasteiger partial charge in [-0.05, 0) is 24.6 Å². The number of carbonyl (C=O) groups is 2. The van der Waals surface area contributed by atoms with Crippen LogP contribution < -0.4 is 10.9 Å². The second-order valence-corrected chi connectivity index (χ2v) is 5.38. The Morgan fingerprint density at radius 2 is 2.05 bits per heavy atom. The number of aliphatic carboxylic acids is 1. The normalized spacial score (nSPS) is 10.5. The van der Waals surface area contributed by atoms with Crippen molar-refractivity contribution in [3.05, 3.63) is 40.2 Å². The van der Waals surface area contributed by atoms with Gasteiger partial charge in [-0.15, -0.1) is 11.8 Å². The number of carboxylic acid groups (broad SMARTS) is 1. The first-order valence-corrected chi connectivity index (χ1v) is 7.25. The topological polar surface area (TPSA) is 96.6 Å². The summed E-state index contributed by atoms with van der Waals surface area (Å²) >= 11 is 1.01. The van der Waals surface area contributed by atoms with E-state index in [9.17, 15) is 14.4 Å². The first-order chi connectivity index (χ1) is 9.95.